The number of carbonyl (C=O) groups is 1. The summed E-state index contributed by atoms with van der Waals surface area (Å²) in [5, 5.41) is 6.68. The first-order valence-corrected chi connectivity index (χ1v) is 18.1. The number of amidine groups is 1. The van der Waals surface area contributed by atoms with Gasteiger partial charge in [-0.1, -0.05) is 155 Å². The number of nitrogens with one attached hydrogen (secondary N) is 2. The highest BCUT2D eigenvalue weighted by atomic mass is 16.6. The molecule has 5 nitrogen and oxygen atoms in total. The van der Waals surface area contributed by atoms with E-state index in [1.54, 1.807) is 0 Å². The lowest BCUT2D eigenvalue weighted by Crippen LogP contribution is -2.43. The summed E-state index contributed by atoms with van der Waals surface area (Å²) in [7, 11) is 0. The minimum absolute atomic E-state index is 0.192. The van der Waals surface area contributed by atoms with Crippen LogP contribution in [0.4, 0.5) is 0 Å². The van der Waals surface area contributed by atoms with Gasteiger partial charge in [-0.05, 0) is 40.2 Å². The van der Waals surface area contributed by atoms with Gasteiger partial charge in [0.15, 0.2) is 0 Å². The molecule has 0 aliphatic rings. The maximum Gasteiger partial charge on any atom is 0.314 e. The molecule has 0 heterocycles. The second-order valence-electron chi connectivity index (χ2n) is 13.3. The van der Waals surface area contributed by atoms with Crippen LogP contribution in [0.15, 0.2) is 4.99 Å². The quantitative estimate of drug-likeness (QED) is 0.0400. The predicted octanol–water partition coefficient (Wildman–Crippen LogP) is 10.7. The summed E-state index contributed by atoms with van der Waals surface area (Å²) in [4.78, 5) is 17.0. The SMILES string of the molecule is CCCCCCCCCCCCCCN=C(NC(C)(C)C)OC(=O)CCNCCCCCCCCCCCCCC. The van der Waals surface area contributed by atoms with Crippen LogP contribution >= 0.6 is 0 Å². The summed E-state index contributed by atoms with van der Waals surface area (Å²) in [6.07, 6.45) is 32.7. The van der Waals surface area contributed by atoms with Gasteiger partial charge >= 0.3 is 5.97 Å². The van der Waals surface area contributed by atoms with Gasteiger partial charge in [0.25, 0.3) is 6.02 Å². The number of hydrogen-bond donors (Lipinski definition) is 2. The van der Waals surface area contributed by atoms with Gasteiger partial charge in [0, 0.05) is 18.6 Å². The minimum atomic E-state index is -0.211. The fourth-order valence-electron chi connectivity index (χ4n) is 5.12. The Hall–Kier alpha value is -1.10. The predicted molar refractivity (Wildman–Crippen MR) is 181 cm³/mol. The van der Waals surface area contributed by atoms with Crippen LogP contribution in [-0.2, 0) is 9.53 Å². The van der Waals surface area contributed by atoms with Crippen molar-refractivity contribution in [1.29, 1.82) is 0 Å². The van der Waals surface area contributed by atoms with Gasteiger partial charge < -0.3 is 15.4 Å². The van der Waals surface area contributed by atoms with Crippen LogP contribution in [0.1, 0.15) is 195 Å². The van der Waals surface area contributed by atoms with E-state index in [1.165, 1.54) is 148 Å². The lowest BCUT2D eigenvalue weighted by molar-refractivity contribution is -0.135. The largest absolute Gasteiger partial charge is 0.393 e. The van der Waals surface area contributed by atoms with E-state index in [0.717, 1.165) is 13.0 Å². The third-order valence-electron chi connectivity index (χ3n) is 7.67. The molecule has 0 spiro atoms. The van der Waals surface area contributed by atoms with E-state index in [0.29, 0.717) is 25.5 Å². The number of esters is 1. The fourth-order valence-corrected chi connectivity index (χ4v) is 5.12. The standard InChI is InChI=1S/C36H73N3O2/c1-6-8-10-12-14-16-18-20-22-24-26-28-31-37-33-30-34(40)41-35(39-36(3,4)5)38-32-29-27-25-23-21-19-17-15-13-11-9-7-2/h37H,6-33H2,1-5H3,(H,38,39). The molecule has 41 heavy (non-hydrogen) atoms. The van der Waals surface area contributed by atoms with E-state index in [2.05, 4.69) is 50.2 Å². The fraction of sp³-hybridized carbons (Fsp3) is 0.944. The molecule has 0 rings (SSSR count). The van der Waals surface area contributed by atoms with Gasteiger partial charge in [-0.3, -0.25) is 4.79 Å². The lowest BCUT2D eigenvalue weighted by Gasteiger charge is -2.22. The Balaban J connectivity index is 3.81. The Kier molecular flexibility index (Phi) is 29.5. The third-order valence-corrected chi connectivity index (χ3v) is 7.67. The molecule has 0 aliphatic heterocycles. The average Bonchev–Trinajstić information content (AvgIpc) is 2.92. The zero-order valence-electron chi connectivity index (χ0n) is 28.6. The summed E-state index contributed by atoms with van der Waals surface area (Å²) in [6, 6.07) is 0.381. The first-order chi connectivity index (χ1) is 19.9. The Labute approximate surface area is 257 Å². The molecular formula is C36H73N3O2. The van der Waals surface area contributed by atoms with Gasteiger partial charge in [0.2, 0.25) is 0 Å². The zero-order valence-corrected chi connectivity index (χ0v) is 28.6. The van der Waals surface area contributed by atoms with Crippen LogP contribution in [0, 0.1) is 0 Å². The van der Waals surface area contributed by atoms with Crippen molar-refractivity contribution in [3.05, 3.63) is 0 Å². The van der Waals surface area contributed by atoms with Crippen LogP contribution < -0.4 is 10.6 Å². The smallest absolute Gasteiger partial charge is 0.314 e. The summed E-state index contributed by atoms with van der Waals surface area (Å²) in [6.45, 7) is 13.1. The van der Waals surface area contributed by atoms with Crippen molar-refractivity contribution in [1.82, 2.24) is 10.6 Å². The number of aliphatic imine (C=N–C) groups is 1. The maximum absolute atomic E-state index is 12.4. The summed E-state index contributed by atoms with van der Waals surface area (Å²) in [5.74, 6) is -0.211. The molecule has 0 bridgehead atoms. The molecule has 0 amide bonds. The van der Waals surface area contributed by atoms with Crippen molar-refractivity contribution in [3.63, 3.8) is 0 Å². The first-order valence-electron chi connectivity index (χ1n) is 18.1. The number of unbranched alkanes of at least 4 members (excludes halogenated alkanes) is 22. The van der Waals surface area contributed by atoms with E-state index in [-0.39, 0.29) is 11.5 Å². The second-order valence-corrected chi connectivity index (χ2v) is 13.3. The minimum Gasteiger partial charge on any atom is -0.393 e. The van der Waals surface area contributed by atoms with E-state index in [9.17, 15) is 4.79 Å². The number of rotatable bonds is 29. The van der Waals surface area contributed by atoms with E-state index in [1.807, 2.05) is 0 Å². The number of carbonyl (C=O) groups excluding carboxylic acids is 1. The molecule has 0 aromatic rings. The number of nitrogens with zero attached hydrogens (tertiary/aromatic N) is 1. The Bertz CT molecular complexity index is 586. The maximum atomic E-state index is 12.4. The summed E-state index contributed by atoms with van der Waals surface area (Å²) >= 11 is 0. The summed E-state index contributed by atoms with van der Waals surface area (Å²) in [5.41, 5.74) is -0.192. The van der Waals surface area contributed by atoms with Gasteiger partial charge in [-0.2, -0.15) is 0 Å². The van der Waals surface area contributed by atoms with Crippen molar-refractivity contribution in [2.45, 2.75) is 201 Å². The van der Waals surface area contributed by atoms with Crippen LogP contribution in [0.25, 0.3) is 0 Å². The highest BCUT2D eigenvalue weighted by Crippen LogP contribution is 2.13. The molecular weight excluding hydrogens is 506 g/mol. The van der Waals surface area contributed by atoms with Crippen LogP contribution in [-0.4, -0.2) is 37.2 Å². The van der Waals surface area contributed by atoms with Crippen molar-refractivity contribution < 1.29 is 9.53 Å². The Morgan fingerprint density at radius 1 is 0.561 bits per heavy atom. The van der Waals surface area contributed by atoms with E-state index < -0.39 is 0 Å². The van der Waals surface area contributed by atoms with Crippen LogP contribution in [0.2, 0.25) is 0 Å². The normalized spacial score (nSPS) is 12.2. The molecule has 2 N–H and O–H groups in total. The zero-order chi connectivity index (χ0) is 30.3. The highest BCUT2D eigenvalue weighted by molar-refractivity contribution is 5.87. The molecule has 0 saturated heterocycles. The Morgan fingerprint density at radius 3 is 1.37 bits per heavy atom. The monoisotopic (exact) mass is 580 g/mol. The molecule has 0 aromatic heterocycles. The molecule has 0 aromatic carbocycles. The molecule has 0 radical (unpaired) electrons. The molecule has 0 unspecified atom stereocenters. The highest BCUT2D eigenvalue weighted by Gasteiger charge is 2.16. The van der Waals surface area contributed by atoms with Gasteiger partial charge in [-0.25, -0.2) is 4.99 Å². The lowest BCUT2D eigenvalue weighted by atomic mass is 10.1. The van der Waals surface area contributed by atoms with Crippen molar-refractivity contribution >= 4 is 12.0 Å². The van der Waals surface area contributed by atoms with E-state index in [4.69, 9.17) is 4.74 Å². The van der Waals surface area contributed by atoms with Crippen LogP contribution in [0.3, 0.4) is 0 Å². The second kappa shape index (κ2) is 30.4. The van der Waals surface area contributed by atoms with Crippen molar-refractivity contribution in [2.75, 3.05) is 19.6 Å². The van der Waals surface area contributed by atoms with Crippen molar-refractivity contribution in [2.24, 2.45) is 4.99 Å². The molecule has 0 aliphatic carbocycles. The van der Waals surface area contributed by atoms with Crippen LogP contribution in [0.5, 0.6) is 0 Å². The third kappa shape index (κ3) is 33.3. The number of hydrogen-bond acceptors (Lipinski definition) is 4. The molecule has 0 fully saturated rings. The van der Waals surface area contributed by atoms with Gasteiger partial charge in [0.05, 0.1) is 6.42 Å². The number of ether oxygens (including phenoxy) is 1. The topological polar surface area (TPSA) is 62.7 Å². The van der Waals surface area contributed by atoms with Gasteiger partial charge in [-0.15, -0.1) is 0 Å². The van der Waals surface area contributed by atoms with Crippen molar-refractivity contribution in [3.8, 4) is 0 Å². The van der Waals surface area contributed by atoms with Gasteiger partial charge in [0.1, 0.15) is 0 Å². The average molecular weight is 580 g/mol. The molecule has 5 heteroatoms. The molecule has 244 valence electrons. The molecule has 0 saturated carbocycles. The molecule has 0 atom stereocenters. The summed E-state index contributed by atoms with van der Waals surface area (Å²) < 4.78 is 5.61. The Morgan fingerprint density at radius 2 is 0.951 bits per heavy atom. The first kappa shape index (κ1) is 39.9. The van der Waals surface area contributed by atoms with E-state index >= 15 is 0 Å².